The van der Waals surface area contributed by atoms with Gasteiger partial charge in [0.2, 0.25) is 15.9 Å². The van der Waals surface area contributed by atoms with Gasteiger partial charge in [-0.25, -0.2) is 17.5 Å². The van der Waals surface area contributed by atoms with Crippen molar-refractivity contribution in [2.45, 2.75) is 49.5 Å². The monoisotopic (exact) mass is 436 g/mol. The van der Waals surface area contributed by atoms with Crippen LogP contribution in [0.3, 0.4) is 0 Å². The minimum Gasteiger partial charge on any atom is -0.326 e. The summed E-state index contributed by atoms with van der Waals surface area (Å²) in [6, 6.07) is 8.48. The van der Waals surface area contributed by atoms with Crippen molar-refractivity contribution < 1.29 is 17.6 Å². The second kappa shape index (κ2) is 8.05. The molecular weight excluding hydrogens is 415 g/mol. The molecule has 4 rings (SSSR count). The Hall–Kier alpha value is -1.96. The topological polar surface area (TPSA) is 75.3 Å². The number of anilines is 1. The highest BCUT2D eigenvalue weighted by molar-refractivity contribution is 7.89. The predicted molar refractivity (Wildman–Crippen MR) is 110 cm³/mol. The van der Waals surface area contributed by atoms with Crippen LogP contribution in [0, 0.1) is 11.7 Å². The lowest BCUT2D eigenvalue weighted by Gasteiger charge is -2.26. The normalized spacial score (nSPS) is 18.3. The molecule has 29 heavy (non-hydrogen) atoms. The van der Waals surface area contributed by atoms with E-state index in [-0.39, 0.29) is 27.6 Å². The van der Waals surface area contributed by atoms with Crippen molar-refractivity contribution in [1.82, 2.24) is 4.72 Å². The van der Waals surface area contributed by atoms with Crippen LogP contribution in [0.4, 0.5) is 10.1 Å². The molecule has 1 saturated carbocycles. The summed E-state index contributed by atoms with van der Waals surface area (Å²) in [5.41, 5.74) is 2.02. The van der Waals surface area contributed by atoms with Gasteiger partial charge in [-0.15, -0.1) is 0 Å². The van der Waals surface area contributed by atoms with Gasteiger partial charge in [0.15, 0.2) is 0 Å². The molecule has 2 N–H and O–H groups in total. The van der Waals surface area contributed by atoms with Crippen molar-refractivity contribution in [2.75, 3.05) is 5.32 Å². The van der Waals surface area contributed by atoms with Crippen molar-refractivity contribution in [3.05, 3.63) is 58.4 Å². The number of carbonyl (C=O) groups is 1. The lowest BCUT2D eigenvalue weighted by atomic mass is 9.92. The Morgan fingerprint density at radius 1 is 1.10 bits per heavy atom. The molecule has 1 heterocycles. The second-order valence-corrected chi connectivity index (χ2v) is 9.77. The molecule has 5 nitrogen and oxygen atoms in total. The van der Waals surface area contributed by atoms with Crippen molar-refractivity contribution in [2.24, 2.45) is 5.92 Å². The Bertz CT molecular complexity index is 1030. The molecule has 0 radical (unpaired) electrons. The third-order valence-electron chi connectivity index (χ3n) is 5.73. The molecule has 2 aliphatic rings. The fraction of sp³-hybridized carbons (Fsp3) is 0.381. The fourth-order valence-electron chi connectivity index (χ4n) is 4.21. The Labute approximate surface area is 174 Å². The summed E-state index contributed by atoms with van der Waals surface area (Å²) in [5, 5.41) is 2.84. The van der Waals surface area contributed by atoms with Crippen LogP contribution in [0.25, 0.3) is 0 Å². The number of amides is 1. The van der Waals surface area contributed by atoms with Crippen LogP contribution in [-0.4, -0.2) is 14.3 Å². The molecule has 0 spiro atoms. The Kier molecular flexibility index (Phi) is 5.64. The molecule has 0 saturated heterocycles. The standard InChI is InChI=1S/C21H22ClFN2O3S/c22-17-11-15-7-10-20(26)24-18(15)12-19(17)29(27,28)25-21(13-3-1-2-4-13)14-5-8-16(23)9-6-14/h5-6,8-9,11-13,21,25H,1-4,7,10H2,(H,24,26). The highest BCUT2D eigenvalue weighted by atomic mass is 35.5. The average molecular weight is 437 g/mol. The van der Waals surface area contributed by atoms with E-state index in [9.17, 15) is 17.6 Å². The smallest absolute Gasteiger partial charge is 0.242 e. The zero-order chi connectivity index (χ0) is 20.6. The van der Waals surface area contributed by atoms with Crippen LogP contribution in [0.2, 0.25) is 5.02 Å². The molecule has 2 aromatic rings. The number of sulfonamides is 1. The van der Waals surface area contributed by atoms with Gasteiger partial charge in [-0.3, -0.25) is 4.79 Å². The van der Waals surface area contributed by atoms with Gasteiger partial charge in [0.1, 0.15) is 10.7 Å². The first-order valence-electron chi connectivity index (χ1n) is 9.73. The first kappa shape index (κ1) is 20.3. The maximum absolute atomic E-state index is 13.4. The van der Waals surface area contributed by atoms with Crippen LogP contribution in [0.15, 0.2) is 41.3 Å². The molecule has 8 heteroatoms. The summed E-state index contributed by atoms with van der Waals surface area (Å²) in [6.07, 6.45) is 4.75. The molecule has 1 aliphatic carbocycles. The van der Waals surface area contributed by atoms with Crippen molar-refractivity contribution in [3.8, 4) is 0 Å². The van der Waals surface area contributed by atoms with Crippen LogP contribution < -0.4 is 10.0 Å². The highest BCUT2D eigenvalue weighted by Crippen LogP contribution is 2.38. The van der Waals surface area contributed by atoms with Crippen LogP contribution in [0.5, 0.6) is 0 Å². The number of carbonyl (C=O) groups excluding carboxylic acids is 1. The SMILES string of the molecule is O=C1CCc2cc(Cl)c(S(=O)(=O)NC(c3ccc(F)cc3)C3CCCC3)cc2N1. The zero-order valence-electron chi connectivity index (χ0n) is 15.8. The molecule has 1 fully saturated rings. The third kappa shape index (κ3) is 4.32. The van der Waals surface area contributed by atoms with Crippen LogP contribution in [0.1, 0.15) is 49.3 Å². The summed E-state index contributed by atoms with van der Waals surface area (Å²) in [7, 11) is -3.96. The second-order valence-electron chi connectivity index (χ2n) is 7.68. The fourth-order valence-corrected chi connectivity index (χ4v) is 6.08. The molecule has 154 valence electrons. The van der Waals surface area contributed by atoms with Gasteiger partial charge in [-0.05, 0) is 60.6 Å². The molecule has 0 bridgehead atoms. The molecule has 1 aliphatic heterocycles. The van der Waals surface area contributed by atoms with E-state index in [0.29, 0.717) is 18.5 Å². The van der Waals surface area contributed by atoms with Crippen LogP contribution in [-0.2, 0) is 21.2 Å². The molecule has 1 unspecified atom stereocenters. The number of hydrogen-bond acceptors (Lipinski definition) is 3. The van der Waals surface area contributed by atoms with E-state index in [2.05, 4.69) is 10.0 Å². The summed E-state index contributed by atoms with van der Waals surface area (Å²) < 4.78 is 42.7. The lowest BCUT2D eigenvalue weighted by molar-refractivity contribution is -0.116. The summed E-state index contributed by atoms with van der Waals surface area (Å²) in [4.78, 5) is 11.6. The quantitative estimate of drug-likeness (QED) is 0.720. The van der Waals surface area contributed by atoms with Gasteiger partial charge < -0.3 is 5.32 Å². The molecule has 1 atom stereocenters. The molecule has 0 aromatic heterocycles. The van der Waals surface area contributed by atoms with Gasteiger partial charge in [0.25, 0.3) is 0 Å². The molecule has 1 amide bonds. The largest absolute Gasteiger partial charge is 0.326 e. The summed E-state index contributed by atoms with van der Waals surface area (Å²) in [6.45, 7) is 0. The number of halogens is 2. The van der Waals surface area contributed by atoms with Gasteiger partial charge in [-0.1, -0.05) is 36.6 Å². The van der Waals surface area contributed by atoms with Crippen molar-refractivity contribution >= 4 is 33.2 Å². The number of benzene rings is 2. The van der Waals surface area contributed by atoms with Crippen molar-refractivity contribution in [1.29, 1.82) is 0 Å². The van der Waals surface area contributed by atoms with E-state index in [4.69, 9.17) is 11.6 Å². The first-order chi connectivity index (χ1) is 13.8. The van der Waals surface area contributed by atoms with E-state index in [0.717, 1.165) is 36.8 Å². The van der Waals surface area contributed by atoms with Gasteiger partial charge in [-0.2, -0.15) is 0 Å². The lowest BCUT2D eigenvalue weighted by Crippen LogP contribution is -2.33. The van der Waals surface area contributed by atoms with E-state index in [1.54, 1.807) is 18.2 Å². The van der Waals surface area contributed by atoms with Crippen LogP contribution >= 0.6 is 11.6 Å². The number of rotatable bonds is 5. The van der Waals surface area contributed by atoms with Crippen molar-refractivity contribution in [3.63, 3.8) is 0 Å². The van der Waals surface area contributed by atoms with Gasteiger partial charge >= 0.3 is 0 Å². The van der Waals surface area contributed by atoms with Gasteiger partial charge in [0.05, 0.1) is 5.02 Å². The Balaban J connectivity index is 1.69. The summed E-state index contributed by atoms with van der Waals surface area (Å²) in [5.74, 6) is -0.382. The number of hydrogen-bond donors (Lipinski definition) is 2. The van der Waals surface area contributed by atoms with Gasteiger partial charge in [0, 0.05) is 18.2 Å². The van der Waals surface area contributed by atoms with E-state index in [1.807, 2.05) is 0 Å². The maximum atomic E-state index is 13.4. The minimum atomic E-state index is -3.96. The average Bonchev–Trinajstić information content (AvgIpc) is 3.21. The Morgan fingerprint density at radius 3 is 2.48 bits per heavy atom. The maximum Gasteiger partial charge on any atom is 0.242 e. The number of nitrogens with one attached hydrogen (secondary N) is 2. The predicted octanol–water partition coefficient (Wildman–Crippen LogP) is 4.57. The number of fused-ring (bicyclic) bond motifs is 1. The summed E-state index contributed by atoms with van der Waals surface area (Å²) >= 11 is 6.31. The molecule has 2 aromatic carbocycles. The molecular formula is C21H22ClFN2O3S. The minimum absolute atomic E-state index is 0.0646. The third-order valence-corrected chi connectivity index (χ3v) is 7.63. The van der Waals surface area contributed by atoms with E-state index >= 15 is 0 Å². The first-order valence-corrected chi connectivity index (χ1v) is 11.6. The Morgan fingerprint density at radius 2 is 1.79 bits per heavy atom. The van der Waals surface area contributed by atoms with E-state index < -0.39 is 16.1 Å². The highest BCUT2D eigenvalue weighted by Gasteiger charge is 2.32. The van der Waals surface area contributed by atoms with E-state index in [1.165, 1.54) is 18.2 Å². The number of aryl methyl sites for hydroxylation is 1. The zero-order valence-corrected chi connectivity index (χ0v) is 17.3.